The van der Waals surface area contributed by atoms with E-state index in [0.717, 1.165) is 0 Å². The van der Waals surface area contributed by atoms with Crippen molar-refractivity contribution in [1.82, 2.24) is 4.98 Å². The van der Waals surface area contributed by atoms with Crippen LogP contribution in [0, 0.1) is 0 Å². The van der Waals surface area contributed by atoms with Crippen LogP contribution in [0.4, 0.5) is 0 Å². The van der Waals surface area contributed by atoms with E-state index in [0.29, 0.717) is 26.3 Å². The molecule has 0 saturated carbocycles. The van der Waals surface area contributed by atoms with Gasteiger partial charge in [-0.15, -0.1) is 11.3 Å². The molecular formula is C11H8Cl2N2O2S. The lowest BCUT2D eigenvalue weighted by Crippen LogP contribution is -2.20. The SMILES string of the molecule is NC(C(=O)O)c1csc(-c2c(Cl)cccc2Cl)n1. The van der Waals surface area contributed by atoms with Crippen molar-refractivity contribution in [1.29, 1.82) is 0 Å². The van der Waals surface area contributed by atoms with Gasteiger partial charge in [0.15, 0.2) is 0 Å². The molecule has 1 atom stereocenters. The summed E-state index contributed by atoms with van der Waals surface area (Å²) in [5, 5.41) is 11.9. The number of carboxylic acids is 1. The molecule has 0 aliphatic carbocycles. The van der Waals surface area contributed by atoms with Gasteiger partial charge >= 0.3 is 5.97 Å². The predicted octanol–water partition coefficient (Wildman–Crippen LogP) is 3.20. The fourth-order valence-corrected chi connectivity index (χ4v) is 2.99. The number of thiazole rings is 1. The van der Waals surface area contributed by atoms with E-state index in [-0.39, 0.29) is 0 Å². The molecule has 4 nitrogen and oxygen atoms in total. The second-order valence-electron chi connectivity index (χ2n) is 3.49. The second kappa shape index (κ2) is 5.24. The van der Waals surface area contributed by atoms with Crippen LogP contribution in [0.15, 0.2) is 23.6 Å². The van der Waals surface area contributed by atoms with Gasteiger partial charge in [0.25, 0.3) is 0 Å². The van der Waals surface area contributed by atoms with Crippen molar-refractivity contribution in [2.75, 3.05) is 0 Å². The lowest BCUT2D eigenvalue weighted by molar-refractivity contribution is -0.138. The molecule has 0 fully saturated rings. The van der Waals surface area contributed by atoms with Gasteiger partial charge in [0, 0.05) is 10.9 Å². The number of hydrogen-bond donors (Lipinski definition) is 2. The van der Waals surface area contributed by atoms with Crippen molar-refractivity contribution in [2.24, 2.45) is 5.73 Å². The molecule has 1 aromatic carbocycles. The molecule has 2 rings (SSSR count). The summed E-state index contributed by atoms with van der Waals surface area (Å²) in [6, 6.07) is 3.98. The number of carboxylic acid groups (broad SMARTS) is 1. The monoisotopic (exact) mass is 302 g/mol. The van der Waals surface area contributed by atoms with Crippen molar-refractivity contribution in [2.45, 2.75) is 6.04 Å². The summed E-state index contributed by atoms with van der Waals surface area (Å²) in [5.41, 5.74) is 6.37. The van der Waals surface area contributed by atoms with E-state index >= 15 is 0 Å². The zero-order valence-electron chi connectivity index (χ0n) is 8.93. The van der Waals surface area contributed by atoms with Gasteiger partial charge in [-0.25, -0.2) is 4.98 Å². The minimum Gasteiger partial charge on any atom is -0.480 e. The third kappa shape index (κ3) is 2.49. The second-order valence-corrected chi connectivity index (χ2v) is 5.16. The minimum atomic E-state index is -1.14. The van der Waals surface area contributed by atoms with E-state index in [1.807, 2.05) is 0 Å². The summed E-state index contributed by atoms with van der Waals surface area (Å²) in [4.78, 5) is 14.9. The number of nitrogens with two attached hydrogens (primary N) is 1. The Labute approximate surface area is 117 Å². The summed E-state index contributed by atoms with van der Waals surface area (Å²) in [6.07, 6.45) is 0. The van der Waals surface area contributed by atoms with E-state index in [1.165, 1.54) is 11.3 Å². The number of benzene rings is 1. The number of nitrogens with zero attached hydrogens (tertiary/aromatic N) is 1. The molecule has 18 heavy (non-hydrogen) atoms. The molecule has 0 aliphatic heterocycles. The standard InChI is InChI=1S/C11H8Cl2N2O2S/c12-5-2-1-3-6(13)8(5)10-15-7(4-18-10)9(14)11(16)17/h1-4,9H,14H2,(H,16,17). The summed E-state index contributed by atoms with van der Waals surface area (Å²) in [6.45, 7) is 0. The maximum atomic E-state index is 10.8. The lowest BCUT2D eigenvalue weighted by atomic mass is 10.2. The molecule has 94 valence electrons. The van der Waals surface area contributed by atoms with E-state index in [4.69, 9.17) is 34.0 Å². The van der Waals surface area contributed by atoms with Gasteiger partial charge in [-0.3, -0.25) is 4.79 Å². The van der Waals surface area contributed by atoms with Crippen molar-refractivity contribution in [3.8, 4) is 10.6 Å². The van der Waals surface area contributed by atoms with Gasteiger partial charge in [-0.05, 0) is 12.1 Å². The Morgan fingerprint density at radius 2 is 2.00 bits per heavy atom. The van der Waals surface area contributed by atoms with Crippen LogP contribution in [-0.2, 0) is 4.79 Å². The first kappa shape index (κ1) is 13.3. The van der Waals surface area contributed by atoms with Gasteiger partial charge in [-0.2, -0.15) is 0 Å². The van der Waals surface area contributed by atoms with Crippen LogP contribution in [0.3, 0.4) is 0 Å². The van der Waals surface area contributed by atoms with Gasteiger partial charge in [0.1, 0.15) is 11.0 Å². The average Bonchev–Trinajstić information content (AvgIpc) is 2.77. The largest absolute Gasteiger partial charge is 0.480 e. The third-order valence-electron chi connectivity index (χ3n) is 2.28. The Hall–Kier alpha value is -1.14. The summed E-state index contributed by atoms with van der Waals surface area (Å²) in [5.74, 6) is -1.13. The fraction of sp³-hybridized carbons (Fsp3) is 0.0909. The first-order chi connectivity index (χ1) is 8.50. The molecule has 1 aromatic heterocycles. The highest BCUT2D eigenvalue weighted by Crippen LogP contribution is 2.36. The third-order valence-corrected chi connectivity index (χ3v) is 3.79. The molecular weight excluding hydrogens is 295 g/mol. The van der Waals surface area contributed by atoms with Crippen molar-refractivity contribution in [3.05, 3.63) is 39.3 Å². The number of rotatable bonds is 3. The zero-order valence-corrected chi connectivity index (χ0v) is 11.3. The smallest absolute Gasteiger partial charge is 0.326 e. The minimum absolute atomic E-state index is 0.290. The van der Waals surface area contributed by atoms with Crippen LogP contribution in [0.25, 0.3) is 10.6 Å². The number of aliphatic carboxylic acids is 1. The van der Waals surface area contributed by atoms with Crippen LogP contribution >= 0.6 is 34.5 Å². The van der Waals surface area contributed by atoms with Crippen LogP contribution in [0.2, 0.25) is 10.0 Å². The Bertz CT molecular complexity index is 580. The Balaban J connectivity index is 2.44. The van der Waals surface area contributed by atoms with Gasteiger partial charge in [0.2, 0.25) is 0 Å². The molecule has 2 aromatic rings. The molecule has 7 heteroatoms. The van der Waals surface area contributed by atoms with Gasteiger partial charge in [-0.1, -0.05) is 29.3 Å². The van der Waals surface area contributed by atoms with E-state index in [9.17, 15) is 4.79 Å². The highest BCUT2D eigenvalue weighted by molar-refractivity contribution is 7.13. The predicted molar refractivity (Wildman–Crippen MR) is 72.1 cm³/mol. The topological polar surface area (TPSA) is 76.2 Å². The summed E-state index contributed by atoms with van der Waals surface area (Å²) in [7, 11) is 0. The van der Waals surface area contributed by atoms with Crippen LogP contribution in [0.5, 0.6) is 0 Å². The highest BCUT2D eigenvalue weighted by atomic mass is 35.5. The normalized spacial score (nSPS) is 12.4. The van der Waals surface area contributed by atoms with Crippen LogP contribution in [0.1, 0.15) is 11.7 Å². The highest BCUT2D eigenvalue weighted by Gasteiger charge is 2.19. The average molecular weight is 303 g/mol. The van der Waals surface area contributed by atoms with Crippen LogP contribution < -0.4 is 5.73 Å². The zero-order chi connectivity index (χ0) is 13.3. The molecule has 0 aliphatic rings. The van der Waals surface area contributed by atoms with E-state index < -0.39 is 12.0 Å². The van der Waals surface area contributed by atoms with Crippen molar-refractivity contribution in [3.63, 3.8) is 0 Å². The fourth-order valence-electron chi connectivity index (χ4n) is 1.37. The Morgan fingerprint density at radius 1 is 1.39 bits per heavy atom. The Kier molecular flexibility index (Phi) is 3.87. The lowest BCUT2D eigenvalue weighted by Gasteiger charge is -2.03. The molecule has 0 radical (unpaired) electrons. The molecule has 1 heterocycles. The van der Waals surface area contributed by atoms with E-state index in [1.54, 1.807) is 23.6 Å². The maximum Gasteiger partial charge on any atom is 0.326 e. The molecule has 3 N–H and O–H groups in total. The molecule has 0 bridgehead atoms. The van der Waals surface area contributed by atoms with Crippen molar-refractivity contribution >= 4 is 40.5 Å². The van der Waals surface area contributed by atoms with Crippen molar-refractivity contribution < 1.29 is 9.90 Å². The quantitative estimate of drug-likeness (QED) is 0.913. The Morgan fingerprint density at radius 3 is 2.56 bits per heavy atom. The van der Waals surface area contributed by atoms with Gasteiger partial charge in [0.05, 0.1) is 15.7 Å². The molecule has 0 spiro atoms. The number of hydrogen-bond acceptors (Lipinski definition) is 4. The number of carbonyl (C=O) groups is 1. The number of halogens is 2. The molecule has 0 amide bonds. The maximum absolute atomic E-state index is 10.8. The number of aromatic nitrogens is 1. The summed E-state index contributed by atoms with van der Waals surface area (Å²) >= 11 is 13.4. The molecule has 0 saturated heterocycles. The van der Waals surface area contributed by atoms with Gasteiger partial charge < -0.3 is 10.8 Å². The van der Waals surface area contributed by atoms with E-state index in [2.05, 4.69) is 4.98 Å². The first-order valence-electron chi connectivity index (χ1n) is 4.89. The summed E-state index contributed by atoms with van der Waals surface area (Å²) < 4.78 is 0. The van der Waals surface area contributed by atoms with Crippen LogP contribution in [-0.4, -0.2) is 16.1 Å². The molecule has 1 unspecified atom stereocenters. The first-order valence-corrected chi connectivity index (χ1v) is 6.52.